The Morgan fingerprint density at radius 1 is 1.12 bits per heavy atom. The van der Waals surface area contributed by atoms with Gasteiger partial charge in [-0.05, 0) is 43.0 Å². The zero-order valence-electron chi connectivity index (χ0n) is 14.7. The Labute approximate surface area is 152 Å². The van der Waals surface area contributed by atoms with Crippen LogP contribution >= 0.6 is 11.8 Å². The number of carbonyl (C=O) groups is 1. The highest BCUT2D eigenvalue weighted by Crippen LogP contribution is 2.23. The van der Waals surface area contributed by atoms with Crippen molar-refractivity contribution in [2.45, 2.75) is 27.3 Å². The summed E-state index contributed by atoms with van der Waals surface area (Å²) in [5, 5.41) is 9.17. The van der Waals surface area contributed by atoms with E-state index in [2.05, 4.69) is 49.2 Å². The Morgan fingerprint density at radius 3 is 2.68 bits per heavy atom. The first-order valence-electron chi connectivity index (χ1n) is 8.20. The van der Waals surface area contributed by atoms with Gasteiger partial charge in [-0.3, -0.25) is 9.69 Å². The molecule has 1 aliphatic heterocycles. The number of amides is 1. The summed E-state index contributed by atoms with van der Waals surface area (Å²) < 4.78 is 0. The molecule has 0 radical (unpaired) electrons. The molecule has 1 fully saturated rings. The molecule has 0 aromatic heterocycles. The lowest BCUT2D eigenvalue weighted by Gasteiger charge is -2.16. The SMILES string of the molecule is Cc1ccc(/C=N/N=C2\SCC(=O)N2Cc2ccccc2C)c(C)c1. The minimum Gasteiger partial charge on any atom is -0.285 e. The molecule has 0 N–H and O–H groups in total. The van der Waals surface area contributed by atoms with Gasteiger partial charge in [-0.2, -0.15) is 5.10 Å². The Bertz CT molecular complexity index is 858. The summed E-state index contributed by atoms with van der Waals surface area (Å²) in [6.07, 6.45) is 1.75. The van der Waals surface area contributed by atoms with Gasteiger partial charge in [0, 0.05) is 0 Å². The first kappa shape index (κ1) is 17.4. The third-order valence-corrected chi connectivity index (χ3v) is 5.16. The van der Waals surface area contributed by atoms with Crippen LogP contribution in [0.15, 0.2) is 52.7 Å². The maximum absolute atomic E-state index is 12.2. The van der Waals surface area contributed by atoms with Crippen molar-refractivity contribution in [2.75, 3.05) is 5.75 Å². The maximum Gasteiger partial charge on any atom is 0.239 e. The smallest absolute Gasteiger partial charge is 0.239 e. The molecule has 2 aromatic rings. The number of hydrogen-bond donors (Lipinski definition) is 0. The first-order valence-corrected chi connectivity index (χ1v) is 9.19. The number of carbonyl (C=O) groups excluding carboxylic acids is 1. The fourth-order valence-electron chi connectivity index (χ4n) is 2.70. The Hall–Kier alpha value is -2.40. The minimum absolute atomic E-state index is 0.0775. The van der Waals surface area contributed by atoms with Crippen LogP contribution in [-0.2, 0) is 11.3 Å². The molecule has 5 heteroatoms. The second-order valence-electron chi connectivity index (χ2n) is 6.18. The van der Waals surface area contributed by atoms with Crippen LogP contribution in [0.4, 0.5) is 0 Å². The van der Waals surface area contributed by atoms with E-state index in [1.165, 1.54) is 22.9 Å². The van der Waals surface area contributed by atoms with Crippen LogP contribution in [0.25, 0.3) is 0 Å². The molecule has 3 rings (SSSR count). The van der Waals surface area contributed by atoms with E-state index in [1.807, 2.05) is 24.3 Å². The second kappa shape index (κ2) is 7.66. The topological polar surface area (TPSA) is 45.0 Å². The van der Waals surface area contributed by atoms with Crippen LogP contribution in [0.3, 0.4) is 0 Å². The van der Waals surface area contributed by atoms with Crippen LogP contribution < -0.4 is 0 Å². The van der Waals surface area contributed by atoms with Crippen molar-refractivity contribution < 1.29 is 4.79 Å². The molecule has 1 heterocycles. The molecule has 0 spiro atoms. The van der Waals surface area contributed by atoms with E-state index in [1.54, 1.807) is 11.1 Å². The van der Waals surface area contributed by atoms with E-state index in [9.17, 15) is 4.79 Å². The van der Waals surface area contributed by atoms with Gasteiger partial charge >= 0.3 is 0 Å². The average molecular weight is 351 g/mol. The monoisotopic (exact) mass is 351 g/mol. The van der Waals surface area contributed by atoms with Crippen molar-refractivity contribution in [2.24, 2.45) is 10.2 Å². The zero-order chi connectivity index (χ0) is 17.8. The molecule has 4 nitrogen and oxygen atoms in total. The van der Waals surface area contributed by atoms with E-state index < -0.39 is 0 Å². The van der Waals surface area contributed by atoms with Gasteiger partial charge in [0.25, 0.3) is 0 Å². The van der Waals surface area contributed by atoms with Gasteiger partial charge in [0.15, 0.2) is 5.17 Å². The zero-order valence-corrected chi connectivity index (χ0v) is 15.5. The summed E-state index contributed by atoms with van der Waals surface area (Å²) in [7, 11) is 0. The van der Waals surface area contributed by atoms with E-state index in [-0.39, 0.29) is 5.91 Å². The normalized spacial score (nSPS) is 16.4. The Kier molecular flexibility index (Phi) is 5.34. The van der Waals surface area contributed by atoms with Gasteiger partial charge in [-0.1, -0.05) is 59.8 Å². The number of benzene rings is 2. The predicted octanol–water partition coefficient (Wildman–Crippen LogP) is 4.08. The van der Waals surface area contributed by atoms with E-state index in [0.29, 0.717) is 17.5 Å². The van der Waals surface area contributed by atoms with Crippen molar-refractivity contribution in [1.82, 2.24) is 4.90 Å². The first-order chi connectivity index (χ1) is 12.0. The quantitative estimate of drug-likeness (QED) is 0.615. The number of hydrogen-bond acceptors (Lipinski definition) is 4. The van der Waals surface area contributed by atoms with Crippen molar-refractivity contribution in [3.05, 3.63) is 70.3 Å². The summed E-state index contributed by atoms with van der Waals surface area (Å²) in [6, 6.07) is 14.3. The molecule has 1 amide bonds. The molecule has 0 aliphatic carbocycles. The van der Waals surface area contributed by atoms with Crippen molar-refractivity contribution >= 4 is 29.1 Å². The number of thioether (sulfide) groups is 1. The number of aryl methyl sites for hydroxylation is 3. The summed E-state index contributed by atoms with van der Waals surface area (Å²) in [4.78, 5) is 13.9. The van der Waals surface area contributed by atoms with Gasteiger partial charge in [0.05, 0.1) is 18.5 Å². The van der Waals surface area contributed by atoms with Crippen LogP contribution in [-0.4, -0.2) is 27.9 Å². The number of nitrogens with zero attached hydrogens (tertiary/aromatic N) is 3. The lowest BCUT2D eigenvalue weighted by molar-refractivity contribution is -0.124. The molecular weight excluding hydrogens is 330 g/mol. The molecule has 0 unspecified atom stereocenters. The van der Waals surface area contributed by atoms with Crippen LogP contribution in [0, 0.1) is 20.8 Å². The highest BCUT2D eigenvalue weighted by atomic mass is 32.2. The van der Waals surface area contributed by atoms with Gasteiger partial charge in [-0.15, -0.1) is 5.10 Å². The van der Waals surface area contributed by atoms with Gasteiger partial charge in [-0.25, -0.2) is 0 Å². The highest BCUT2D eigenvalue weighted by Gasteiger charge is 2.28. The molecular formula is C20H21N3OS. The van der Waals surface area contributed by atoms with Gasteiger partial charge < -0.3 is 0 Å². The van der Waals surface area contributed by atoms with E-state index in [4.69, 9.17) is 0 Å². The molecule has 128 valence electrons. The van der Waals surface area contributed by atoms with Crippen LogP contribution in [0.5, 0.6) is 0 Å². The fourth-order valence-corrected chi connectivity index (χ4v) is 3.53. The lowest BCUT2D eigenvalue weighted by Crippen LogP contribution is -2.29. The van der Waals surface area contributed by atoms with Crippen molar-refractivity contribution in [3.63, 3.8) is 0 Å². The molecule has 0 saturated carbocycles. The third-order valence-electron chi connectivity index (χ3n) is 4.21. The maximum atomic E-state index is 12.2. The van der Waals surface area contributed by atoms with E-state index >= 15 is 0 Å². The summed E-state index contributed by atoms with van der Waals surface area (Å²) >= 11 is 1.44. The predicted molar refractivity (Wildman–Crippen MR) is 105 cm³/mol. The van der Waals surface area contributed by atoms with Crippen molar-refractivity contribution in [3.8, 4) is 0 Å². The van der Waals surface area contributed by atoms with Crippen LogP contribution in [0.1, 0.15) is 27.8 Å². The minimum atomic E-state index is 0.0775. The van der Waals surface area contributed by atoms with Gasteiger partial charge in [0.1, 0.15) is 0 Å². The fraction of sp³-hybridized carbons (Fsp3) is 0.250. The van der Waals surface area contributed by atoms with Crippen molar-refractivity contribution in [1.29, 1.82) is 0 Å². The van der Waals surface area contributed by atoms with Gasteiger partial charge in [0.2, 0.25) is 5.91 Å². The summed E-state index contributed by atoms with van der Waals surface area (Å²) in [5.74, 6) is 0.498. The average Bonchev–Trinajstić information content (AvgIpc) is 2.92. The molecule has 0 atom stereocenters. The summed E-state index contributed by atoms with van der Waals surface area (Å²) in [5.41, 5.74) is 5.72. The lowest BCUT2D eigenvalue weighted by atomic mass is 10.1. The molecule has 25 heavy (non-hydrogen) atoms. The Balaban J connectivity index is 1.78. The highest BCUT2D eigenvalue weighted by molar-refractivity contribution is 8.15. The summed E-state index contributed by atoms with van der Waals surface area (Å²) in [6.45, 7) is 6.72. The van der Waals surface area contributed by atoms with Crippen LogP contribution in [0.2, 0.25) is 0 Å². The second-order valence-corrected chi connectivity index (χ2v) is 7.12. The standard InChI is InChI=1S/C20H21N3OS/c1-14-8-9-17(16(3)10-14)11-21-22-20-23(19(24)13-25-20)12-18-7-5-4-6-15(18)2/h4-11H,12-13H2,1-3H3/b21-11+,22-20-. The molecule has 2 aromatic carbocycles. The number of amidine groups is 1. The Morgan fingerprint density at radius 2 is 1.92 bits per heavy atom. The molecule has 0 bridgehead atoms. The molecule has 1 saturated heterocycles. The van der Waals surface area contributed by atoms with E-state index in [0.717, 1.165) is 16.7 Å². The largest absolute Gasteiger partial charge is 0.285 e. The third kappa shape index (κ3) is 4.17. The molecule has 1 aliphatic rings. The number of rotatable bonds is 4.